The first kappa shape index (κ1) is 10.3. The molecule has 0 radical (unpaired) electrons. The predicted octanol–water partition coefficient (Wildman–Crippen LogP) is 1.08. The van der Waals surface area contributed by atoms with Gasteiger partial charge in [0.1, 0.15) is 0 Å². The van der Waals surface area contributed by atoms with Crippen molar-refractivity contribution < 1.29 is 13.5 Å². The summed E-state index contributed by atoms with van der Waals surface area (Å²) in [4.78, 5) is 0.496. The van der Waals surface area contributed by atoms with Gasteiger partial charge in [0.2, 0.25) is 0 Å². The lowest BCUT2D eigenvalue weighted by molar-refractivity contribution is 0.150. The van der Waals surface area contributed by atoms with Gasteiger partial charge in [-0.3, -0.25) is 0 Å². The number of aliphatic hydroxyl groups is 1. The van der Waals surface area contributed by atoms with Crippen LogP contribution in [0.25, 0.3) is 0 Å². The molecule has 1 aliphatic heterocycles. The van der Waals surface area contributed by atoms with Crippen LogP contribution in [-0.2, 0) is 22.7 Å². The SMILES string of the molecule is O=S1(=O)CCc2cccc(CC3(O)CC3)c21. The Labute approximate surface area is 95.0 Å². The van der Waals surface area contributed by atoms with Crippen LogP contribution in [0.3, 0.4) is 0 Å². The smallest absolute Gasteiger partial charge is 0.179 e. The maximum Gasteiger partial charge on any atom is 0.179 e. The second kappa shape index (κ2) is 3.08. The number of hydrogen-bond acceptors (Lipinski definition) is 3. The average molecular weight is 238 g/mol. The quantitative estimate of drug-likeness (QED) is 0.839. The molecule has 4 heteroatoms. The fraction of sp³-hybridized carbons (Fsp3) is 0.500. The van der Waals surface area contributed by atoms with Crippen molar-refractivity contribution in [3.8, 4) is 0 Å². The first-order valence-corrected chi connectivity index (χ1v) is 7.21. The van der Waals surface area contributed by atoms with Gasteiger partial charge >= 0.3 is 0 Å². The maximum absolute atomic E-state index is 11.9. The van der Waals surface area contributed by atoms with Crippen molar-refractivity contribution in [3.05, 3.63) is 29.3 Å². The second-order valence-electron chi connectivity index (χ2n) is 4.88. The molecule has 1 aliphatic carbocycles. The molecule has 16 heavy (non-hydrogen) atoms. The molecule has 2 aliphatic rings. The zero-order valence-electron chi connectivity index (χ0n) is 8.94. The van der Waals surface area contributed by atoms with Crippen molar-refractivity contribution in [2.24, 2.45) is 0 Å². The molecule has 1 aromatic carbocycles. The minimum atomic E-state index is -3.09. The molecule has 0 amide bonds. The van der Waals surface area contributed by atoms with Gasteiger partial charge in [-0.05, 0) is 30.4 Å². The van der Waals surface area contributed by atoms with E-state index in [4.69, 9.17) is 0 Å². The van der Waals surface area contributed by atoms with Crippen molar-refractivity contribution in [1.29, 1.82) is 0 Å². The van der Waals surface area contributed by atoms with Crippen molar-refractivity contribution in [1.82, 2.24) is 0 Å². The topological polar surface area (TPSA) is 54.4 Å². The van der Waals surface area contributed by atoms with E-state index in [0.29, 0.717) is 17.7 Å². The van der Waals surface area contributed by atoms with E-state index in [-0.39, 0.29) is 5.75 Å². The lowest BCUT2D eigenvalue weighted by atomic mass is 10.0. The highest BCUT2D eigenvalue weighted by Gasteiger charge is 2.42. The van der Waals surface area contributed by atoms with Gasteiger partial charge in [0.15, 0.2) is 9.84 Å². The number of aryl methyl sites for hydroxylation is 1. The van der Waals surface area contributed by atoms with Gasteiger partial charge in [0.05, 0.1) is 16.2 Å². The van der Waals surface area contributed by atoms with Crippen molar-refractivity contribution >= 4 is 9.84 Å². The van der Waals surface area contributed by atoms with E-state index in [0.717, 1.165) is 24.0 Å². The van der Waals surface area contributed by atoms with Crippen molar-refractivity contribution in [2.45, 2.75) is 36.2 Å². The monoisotopic (exact) mass is 238 g/mol. The Balaban J connectivity index is 2.10. The molecular weight excluding hydrogens is 224 g/mol. The summed E-state index contributed by atoms with van der Waals surface area (Å²) in [7, 11) is -3.09. The summed E-state index contributed by atoms with van der Waals surface area (Å²) in [5.41, 5.74) is 1.09. The van der Waals surface area contributed by atoms with Crippen LogP contribution >= 0.6 is 0 Å². The van der Waals surface area contributed by atoms with Gasteiger partial charge < -0.3 is 5.11 Å². The highest BCUT2D eigenvalue weighted by atomic mass is 32.2. The van der Waals surface area contributed by atoms with Crippen LogP contribution in [0.4, 0.5) is 0 Å². The third-order valence-corrected chi connectivity index (χ3v) is 5.36. The van der Waals surface area contributed by atoms with Crippen LogP contribution in [0.15, 0.2) is 23.1 Å². The number of benzene rings is 1. The van der Waals surface area contributed by atoms with Crippen LogP contribution in [-0.4, -0.2) is 24.9 Å². The lowest BCUT2D eigenvalue weighted by Crippen LogP contribution is -2.13. The molecule has 1 saturated carbocycles. The Hall–Kier alpha value is -0.870. The van der Waals surface area contributed by atoms with E-state index < -0.39 is 15.4 Å². The Morgan fingerprint density at radius 3 is 2.75 bits per heavy atom. The molecule has 3 nitrogen and oxygen atoms in total. The number of hydrogen-bond donors (Lipinski definition) is 1. The van der Waals surface area contributed by atoms with E-state index in [1.807, 2.05) is 18.2 Å². The molecule has 0 atom stereocenters. The predicted molar refractivity (Wildman–Crippen MR) is 60.1 cm³/mol. The summed E-state index contributed by atoms with van der Waals surface area (Å²) in [6.07, 6.45) is 2.67. The van der Waals surface area contributed by atoms with Gasteiger partial charge in [-0.25, -0.2) is 8.42 Å². The molecule has 3 rings (SSSR count). The van der Waals surface area contributed by atoms with Crippen LogP contribution in [0.1, 0.15) is 24.0 Å². The summed E-state index contributed by atoms with van der Waals surface area (Å²) < 4.78 is 23.8. The number of rotatable bonds is 2. The second-order valence-corrected chi connectivity index (χ2v) is 6.92. The highest BCUT2D eigenvalue weighted by molar-refractivity contribution is 7.91. The van der Waals surface area contributed by atoms with E-state index in [9.17, 15) is 13.5 Å². The molecule has 0 bridgehead atoms. The first-order chi connectivity index (χ1) is 7.50. The first-order valence-electron chi connectivity index (χ1n) is 5.56. The standard InChI is InChI=1S/C12H14O3S/c13-12(5-6-12)8-10-3-1-2-9-4-7-16(14,15)11(9)10/h1-3,13H,4-8H2. The average Bonchev–Trinajstić information content (AvgIpc) is 2.84. The molecule has 0 saturated heterocycles. The van der Waals surface area contributed by atoms with E-state index in [1.165, 1.54) is 0 Å². The van der Waals surface area contributed by atoms with Gasteiger partial charge in [0.25, 0.3) is 0 Å². The molecule has 1 heterocycles. The Bertz CT molecular complexity index is 541. The van der Waals surface area contributed by atoms with Gasteiger partial charge in [0, 0.05) is 6.42 Å². The van der Waals surface area contributed by atoms with E-state index >= 15 is 0 Å². The maximum atomic E-state index is 11.9. The third kappa shape index (κ3) is 1.57. The molecule has 1 N–H and O–H groups in total. The molecule has 1 aromatic rings. The molecule has 0 unspecified atom stereocenters. The van der Waals surface area contributed by atoms with Crippen LogP contribution in [0.5, 0.6) is 0 Å². The fourth-order valence-electron chi connectivity index (χ4n) is 2.40. The molecule has 86 valence electrons. The van der Waals surface area contributed by atoms with Crippen LogP contribution in [0, 0.1) is 0 Å². The van der Waals surface area contributed by atoms with Crippen LogP contribution in [0.2, 0.25) is 0 Å². The van der Waals surface area contributed by atoms with Gasteiger partial charge in [-0.2, -0.15) is 0 Å². The third-order valence-electron chi connectivity index (χ3n) is 3.48. The molecule has 0 spiro atoms. The minimum Gasteiger partial charge on any atom is -0.390 e. The molecular formula is C12H14O3S. The summed E-state index contributed by atoms with van der Waals surface area (Å²) in [6, 6.07) is 5.60. The fourth-order valence-corrected chi connectivity index (χ4v) is 4.20. The molecule has 0 aromatic heterocycles. The molecule has 1 fully saturated rings. The zero-order valence-corrected chi connectivity index (χ0v) is 9.76. The lowest BCUT2D eigenvalue weighted by Gasteiger charge is -2.11. The number of sulfone groups is 1. The summed E-state index contributed by atoms with van der Waals surface area (Å²) >= 11 is 0. The van der Waals surface area contributed by atoms with Crippen molar-refractivity contribution in [3.63, 3.8) is 0 Å². The Morgan fingerprint density at radius 2 is 2.06 bits per heavy atom. The minimum absolute atomic E-state index is 0.220. The van der Waals surface area contributed by atoms with E-state index in [2.05, 4.69) is 0 Å². The Morgan fingerprint density at radius 1 is 1.31 bits per heavy atom. The summed E-state index contributed by atoms with van der Waals surface area (Å²) in [5.74, 6) is 0.220. The Kier molecular flexibility index (Phi) is 1.98. The normalized spacial score (nSPS) is 24.1. The largest absolute Gasteiger partial charge is 0.390 e. The number of fused-ring (bicyclic) bond motifs is 1. The summed E-state index contributed by atoms with van der Waals surface area (Å²) in [5, 5.41) is 9.89. The van der Waals surface area contributed by atoms with Gasteiger partial charge in [-0.1, -0.05) is 18.2 Å². The highest BCUT2D eigenvalue weighted by Crippen LogP contribution is 2.41. The summed E-state index contributed by atoms with van der Waals surface area (Å²) in [6.45, 7) is 0. The van der Waals surface area contributed by atoms with Crippen molar-refractivity contribution in [2.75, 3.05) is 5.75 Å². The van der Waals surface area contributed by atoms with E-state index in [1.54, 1.807) is 0 Å². The zero-order chi connectivity index (χ0) is 11.4. The van der Waals surface area contributed by atoms with Crippen LogP contribution < -0.4 is 0 Å². The van der Waals surface area contributed by atoms with Gasteiger partial charge in [-0.15, -0.1) is 0 Å².